The quantitative estimate of drug-likeness (QED) is 0.847. The third-order valence-corrected chi connectivity index (χ3v) is 3.93. The molecular weight excluding hydrogens is 319 g/mol. The molecule has 0 aromatic heterocycles. The number of likely N-dealkylation sites (tertiary alicyclic amines) is 1. The van der Waals surface area contributed by atoms with Crippen LogP contribution in [0, 0.1) is 5.82 Å². The number of thiocarbonyl (C=S) groups is 1. The van der Waals surface area contributed by atoms with Gasteiger partial charge in [-0.15, -0.1) is 0 Å². The van der Waals surface area contributed by atoms with Crippen LogP contribution < -0.4 is 5.73 Å². The van der Waals surface area contributed by atoms with E-state index in [0.717, 1.165) is 12.8 Å². The number of nitrogens with zero attached hydrogens (tertiary/aromatic N) is 1. The molecule has 1 unspecified atom stereocenters. The van der Waals surface area contributed by atoms with Gasteiger partial charge in [0, 0.05) is 11.0 Å². The molecule has 2 N–H and O–H groups in total. The van der Waals surface area contributed by atoms with Crippen LogP contribution in [0.25, 0.3) is 0 Å². The predicted octanol–water partition coefficient (Wildman–Crippen LogP) is 2.48. The first kappa shape index (κ1) is 13.4. The zero-order chi connectivity index (χ0) is 13.3. The summed E-state index contributed by atoms with van der Waals surface area (Å²) in [6.07, 6.45) is 1.67. The van der Waals surface area contributed by atoms with E-state index in [9.17, 15) is 9.18 Å². The summed E-state index contributed by atoms with van der Waals surface area (Å²) in [5, 5.41) is 0. The molecule has 1 atom stereocenters. The number of amides is 1. The maximum Gasteiger partial charge on any atom is 0.255 e. The Kier molecular flexibility index (Phi) is 3.97. The van der Waals surface area contributed by atoms with Gasteiger partial charge in [0.25, 0.3) is 5.91 Å². The molecule has 0 saturated carbocycles. The fourth-order valence-electron chi connectivity index (χ4n) is 2.12. The molecule has 0 spiro atoms. The van der Waals surface area contributed by atoms with Gasteiger partial charge in [-0.25, -0.2) is 4.39 Å². The summed E-state index contributed by atoms with van der Waals surface area (Å²) in [7, 11) is 0. The third-order valence-electron chi connectivity index (χ3n) is 3.00. The van der Waals surface area contributed by atoms with Crippen molar-refractivity contribution >= 4 is 39.0 Å². The van der Waals surface area contributed by atoms with Crippen LogP contribution in [0.5, 0.6) is 0 Å². The van der Waals surface area contributed by atoms with Gasteiger partial charge in [-0.2, -0.15) is 0 Å². The molecule has 0 aliphatic carbocycles. The molecule has 18 heavy (non-hydrogen) atoms. The van der Waals surface area contributed by atoms with Gasteiger partial charge in [0.15, 0.2) is 0 Å². The molecule has 1 aromatic carbocycles. The van der Waals surface area contributed by atoms with Crippen LogP contribution in [0.1, 0.15) is 23.2 Å². The summed E-state index contributed by atoms with van der Waals surface area (Å²) >= 11 is 8.17. The summed E-state index contributed by atoms with van der Waals surface area (Å²) in [5.41, 5.74) is 6.06. The zero-order valence-corrected chi connectivity index (χ0v) is 11.9. The highest BCUT2D eigenvalue weighted by Crippen LogP contribution is 2.25. The van der Waals surface area contributed by atoms with Crippen molar-refractivity contribution in [2.45, 2.75) is 18.9 Å². The van der Waals surface area contributed by atoms with Gasteiger partial charge in [-0.3, -0.25) is 4.79 Å². The van der Waals surface area contributed by atoms with Crippen LogP contribution in [0.3, 0.4) is 0 Å². The van der Waals surface area contributed by atoms with Gasteiger partial charge >= 0.3 is 0 Å². The van der Waals surface area contributed by atoms with E-state index in [0.29, 0.717) is 21.6 Å². The Balaban J connectivity index is 2.28. The van der Waals surface area contributed by atoms with Gasteiger partial charge in [0.05, 0.1) is 16.6 Å². The second-order valence-electron chi connectivity index (χ2n) is 4.18. The Labute approximate surface area is 118 Å². The Morgan fingerprint density at radius 3 is 2.89 bits per heavy atom. The van der Waals surface area contributed by atoms with Gasteiger partial charge in [-0.05, 0) is 47.0 Å². The normalized spacial score (nSPS) is 19.0. The predicted molar refractivity (Wildman–Crippen MR) is 74.9 cm³/mol. The number of nitrogens with two attached hydrogens (primary N) is 1. The lowest BCUT2D eigenvalue weighted by molar-refractivity contribution is 0.0769. The topological polar surface area (TPSA) is 46.3 Å². The van der Waals surface area contributed by atoms with Crippen LogP contribution in [0.15, 0.2) is 22.7 Å². The second kappa shape index (κ2) is 5.32. The van der Waals surface area contributed by atoms with Gasteiger partial charge in [0.1, 0.15) is 5.82 Å². The van der Waals surface area contributed by atoms with Gasteiger partial charge < -0.3 is 10.6 Å². The smallest absolute Gasteiger partial charge is 0.255 e. The fourth-order valence-corrected chi connectivity index (χ4v) is 2.89. The van der Waals surface area contributed by atoms with Crippen molar-refractivity contribution in [3.8, 4) is 0 Å². The number of benzene rings is 1. The molecule has 1 aromatic rings. The van der Waals surface area contributed by atoms with E-state index in [1.54, 1.807) is 4.90 Å². The summed E-state index contributed by atoms with van der Waals surface area (Å²) in [6.45, 7) is 0.630. The molecule has 1 saturated heterocycles. The first-order valence-electron chi connectivity index (χ1n) is 5.56. The van der Waals surface area contributed by atoms with E-state index in [1.165, 1.54) is 18.2 Å². The standard InChI is InChI=1S/C12H12BrFN2OS/c13-9-6-7(14)3-4-8(9)12(17)16-5-1-2-10(16)11(15)18/h3-4,6,10H,1-2,5H2,(H2,15,18). The Morgan fingerprint density at radius 2 is 2.28 bits per heavy atom. The monoisotopic (exact) mass is 330 g/mol. The highest BCUT2D eigenvalue weighted by atomic mass is 79.9. The highest BCUT2D eigenvalue weighted by Gasteiger charge is 2.31. The van der Waals surface area contributed by atoms with E-state index < -0.39 is 0 Å². The lowest BCUT2D eigenvalue weighted by Crippen LogP contribution is -2.42. The minimum absolute atomic E-state index is 0.169. The molecule has 3 nitrogen and oxygen atoms in total. The summed E-state index contributed by atoms with van der Waals surface area (Å²) in [4.78, 5) is 14.3. The van der Waals surface area contributed by atoms with Crippen molar-refractivity contribution in [2.24, 2.45) is 5.73 Å². The van der Waals surface area contributed by atoms with Gasteiger partial charge in [-0.1, -0.05) is 12.2 Å². The van der Waals surface area contributed by atoms with Crippen molar-refractivity contribution in [1.82, 2.24) is 4.90 Å². The minimum Gasteiger partial charge on any atom is -0.392 e. The molecule has 0 radical (unpaired) electrons. The number of hydrogen-bond donors (Lipinski definition) is 1. The third kappa shape index (κ3) is 2.54. The van der Waals surface area contributed by atoms with E-state index in [2.05, 4.69) is 15.9 Å². The summed E-state index contributed by atoms with van der Waals surface area (Å²) in [5.74, 6) is -0.553. The molecule has 1 aliphatic heterocycles. The lowest BCUT2D eigenvalue weighted by Gasteiger charge is -2.24. The minimum atomic E-state index is -0.384. The first-order chi connectivity index (χ1) is 8.50. The average molecular weight is 331 g/mol. The maximum atomic E-state index is 13.0. The fraction of sp³-hybridized carbons (Fsp3) is 0.333. The number of hydrogen-bond acceptors (Lipinski definition) is 2. The molecule has 1 aliphatic rings. The summed E-state index contributed by atoms with van der Waals surface area (Å²) < 4.78 is 13.4. The van der Waals surface area contributed by atoms with Crippen LogP contribution in [0.4, 0.5) is 4.39 Å². The van der Waals surface area contributed by atoms with Crippen LogP contribution >= 0.6 is 28.1 Å². The number of halogens is 2. The van der Waals surface area contributed by atoms with Crippen molar-refractivity contribution in [2.75, 3.05) is 6.54 Å². The van der Waals surface area contributed by atoms with E-state index in [-0.39, 0.29) is 17.8 Å². The first-order valence-corrected chi connectivity index (χ1v) is 6.76. The Hall–Kier alpha value is -1.01. The van der Waals surface area contributed by atoms with Crippen molar-refractivity contribution in [3.05, 3.63) is 34.1 Å². The van der Waals surface area contributed by atoms with Crippen molar-refractivity contribution in [3.63, 3.8) is 0 Å². The molecule has 1 heterocycles. The van der Waals surface area contributed by atoms with Crippen LogP contribution in [-0.2, 0) is 0 Å². The van der Waals surface area contributed by atoms with Crippen LogP contribution in [0.2, 0.25) is 0 Å². The Morgan fingerprint density at radius 1 is 1.56 bits per heavy atom. The van der Waals surface area contributed by atoms with E-state index in [4.69, 9.17) is 18.0 Å². The van der Waals surface area contributed by atoms with Crippen molar-refractivity contribution in [1.29, 1.82) is 0 Å². The molecule has 6 heteroatoms. The SMILES string of the molecule is NC(=S)C1CCCN1C(=O)c1ccc(F)cc1Br. The highest BCUT2D eigenvalue weighted by molar-refractivity contribution is 9.10. The number of carbonyl (C=O) groups excluding carboxylic acids is 1. The Bertz CT molecular complexity index is 509. The van der Waals surface area contributed by atoms with Crippen LogP contribution in [-0.4, -0.2) is 28.4 Å². The zero-order valence-electron chi connectivity index (χ0n) is 9.53. The molecule has 1 fully saturated rings. The average Bonchev–Trinajstić information content (AvgIpc) is 2.77. The molecule has 1 amide bonds. The second-order valence-corrected chi connectivity index (χ2v) is 5.51. The maximum absolute atomic E-state index is 13.0. The number of carbonyl (C=O) groups is 1. The number of rotatable bonds is 2. The van der Waals surface area contributed by atoms with E-state index >= 15 is 0 Å². The van der Waals surface area contributed by atoms with Gasteiger partial charge in [0.2, 0.25) is 0 Å². The largest absolute Gasteiger partial charge is 0.392 e. The summed E-state index contributed by atoms with van der Waals surface area (Å²) in [6, 6.07) is 3.82. The van der Waals surface area contributed by atoms with E-state index in [1.807, 2.05) is 0 Å². The lowest BCUT2D eigenvalue weighted by atomic mass is 10.1. The molecule has 2 rings (SSSR count). The molecule has 96 valence electrons. The molecule has 0 bridgehead atoms. The molecular formula is C12H12BrFN2OS. The van der Waals surface area contributed by atoms with Crippen molar-refractivity contribution < 1.29 is 9.18 Å².